The molecule has 2 nitrogen and oxygen atoms in total. The lowest BCUT2D eigenvalue weighted by molar-refractivity contribution is 0.101. The van der Waals surface area contributed by atoms with Crippen LogP contribution in [-0.4, -0.2) is 49.6 Å². The van der Waals surface area contributed by atoms with E-state index in [1.807, 2.05) is 0 Å². The van der Waals surface area contributed by atoms with Crippen LogP contribution in [0.3, 0.4) is 0 Å². The molecule has 0 spiro atoms. The molecule has 1 aliphatic rings. The second kappa shape index (κ2) is 7.29. The molecule has 2 heteroatoms. The maximum Gasteiger partial charge on any atom is 0.00926 e. The maximum absolute atomic E-state index is 2.75. The van der Waals surface area contributed by atoms with Crippen molar-refractivity contribution in [1.82, 2.24) is 9.80 Å². The molecular formula is C14H30N2. The molecule has 0 bridgehead atoms. The van der Waals surface area contributed by atoms with E-state index in [0.717, 1.165) is 12.0 Å². The molecule has 0 aromatic carbocycles. The molecule has 2 unspecified atom stereocenters. The standard InChI is InChI=1S/C14H30N2/c1-5-8-14(6-2)16-10-7-9-13(12-16)11-15(3)4/h13-14H,5-12H2,1-4H3. The SMILES string of the molecule is CCCC(CC)N1CCCC(CN(C)C)C1. The second-order valence-corrected chi connectivity index (χ2v) is 5.62. The molecule has 2 atom stereocenters. The van der Waals surface area contributed by atoms with Crippen LogP contribution in [0, 0.1) is 5.92 Å². The van der Waals surface area contributed by atoms with Gasteiger partial charge in [-0.2, -0.15) is 0 Å². The van der Waals surface area contributed by atoms with Crippen LogP contribution in [0.4, 0.5) is 0 Å². The molecule has 0 saturated carbocycles. The molecular weight excluding hydrogens is 196 g/mol. The lowest BCUT2D eigenvalue weighted by Crippen LogP contribution is -2.44. The maximum atomic E-state index is 2.75. The molecule has 0 aromatic heterocycles. The van der Waals surface area contributed by atoms with Gasteiger partial charge in [0.25, 0.3) is 0 Å². The molecule has 1 saturated heterocycles. The van der Waals surface area contributed by atoms with Crippen LogP contribution >= 0.6 is 0 Å². The summed E-state index contributed by atoms with van der Waals surface area (Å²) in [6, 6.07) is 0.843. The zero-order valence-corrected chi connectivity index (χ0v) is 11.7. The molecule has 0 aliphatic carbocycles. The van der Waals surface area contributed by atoms with Gasteiger partial charge in [0.1, 0.15) is 0 Å². The highest BCUT2D eigenvalue weighted by Crippen LogP contribution is 2.22. The van der Waals surface area contributed by atoms with E-state index < -0.39 is 0 Å². The summed E-state index contributed by atoms with van der Waals surface area (Å²) in [6.45, 7) is 8.58. The van der Waals surface area contributed by atoms with Crippen LogP contribution in [-0.2, 0) is 0 Å². The van der Waals surface area contributed by atoms with E-state index in [-0.39, 0.29) is 0 Å². The van der Waals surface area contributed by atoms with Crippen molar-refractivity contribution in [3.63, 3.8) is 0 Å². The first kappa shape index (κ1) is 14.0. The van der Waals surface area contributed by atoms with Crippen LogP contribution < -0.4 is 0 Å². The Bertz CT molecular complexity index is 180. The first-order valence-corrected chi connectivity index (χ1v) is 7.06. The van der Waals surface area contributed by atoms with Gasteiger partial charge in [-0.15, -0.1) is 0 Å². The summed E-state index contributed by atoms with van der Waals surface area (Å²) in [4.78, 5) is 5.09. The zero-order chi connectivity index (χ0) is 12.0. The average Bonchev–Trinajstić information content (AvgIpc) is 2.25. The Morgan fingerprint density at radius 1 is 1.31 bits per heavy atom. The second-order valence-electron chi connectivity index (χ2n) is 5.62. The Hall–Kier alpha value is -0.0800. The Kier molecular flexibility index (Phi) is 6.37. The first-order valence-electron chi connectivity index (χ1n) is 7.06. The van der Waals surface area contributed by atoms with Crippen molar-refractivity contribution in [3.05, 3.63) is 0 Å². The number of piperidine rings is 1. The predicted molar refractivity (Wildman–Crippen MR) is 71.8 cm³/mol. The number of hydrogen-bond acceptors (Lipinski definition) is 2. The molecule has 0 radical (unpaired) electrons. The number of nitrogens with zero attached hydrogens (tertiary/aromatic N) is 2. The molecule has 96 valence electrons. The Labute approximate surface area is 102 Å². The van der Waals surface area contributed by atoms with Gasteiger partial charge >= 0.3 is 0 Å². The van der Waals surface area contributed by atoms with Gasteiger partial charge in [-0.1, -0.05) is 20.3 Å². The third-order valence-electron chi connectivity index (χ3n) is 3.78. The topological polar surface area (TPSA) is 6.48 Å². The minimum absolute atomic E-state index is 0.843. The molecule has 16 heavy (non-hydrogen) atoms. The van der Waals surface area contributed by atoms with E-state index in [1.165, 1.54) is 51.7 Å². The summed E-state index contributed by atoms with van der Waals surface area (Å²) >= 11 is 0. The van der Waals surface area contributed by atoms with Crippen molar-refractivity contribution >= 4 is 0 Å². The van der Waals surface area contributed by atoms with Crippen molar-refractivity contribution in [2.75, 3.05) is 33.7 Å². The lowest BCUT2D eigenvalue weighted by atomic mass is 9.94. The highest BCUT2D eigenvalue weighted by Gasteiger charge is 2.24. The fraction of sp³-hybridized carbons (Fsp3) is 1.00. The van der Waals surface area contributed by atoms with Crippen molar-refractivity contribution in [3.8, 4) is 0 Å². The molecule has 0 amide bonds. The zero-order valence-electron chi connectivity index (χ0n) is 11.7. The number of rotatable bonds is 6. The third kappa shape index (κ3) is 4.42. The monoisotopic (exact) mass is 226 g/mol. The highest BCUT2D eigenvalue weighted by molar-refractivity contribution is 4.79. The Morgan fingerprint density at radius 3 is 2.62 bits per heavy atom. The summed E-state index contributed by atoms with van der Waals surface area (Å²) in [7, 11) is 4.39. The van der Waals surface area contributed by atoms with Gasteiger partial charge in [0.15, 0.2) is 0 Å². The van der Waals surface area contributed by atoms with Crippen LogP contribution in [0.5, 0.6) is 0 Å². The van der Waals surface area contributed by atoms with Crippen LogP contribution in [0.15, 0.2) is 0 Å². The van der Waals surface area contributed by atoms with E-state index in [2.05, 4.69) is 37.7 Å². The Balaban J connectivity index is 2.41. The summed E-state index contributed by atoms with van der Waals surface area (Å²) in [5.41, 5.74) is 0. The van der Waals surface area contributed by atoms with Gasteiger partial charge < -0.3 is 9.80 Å². The smallest absolute Gasteiger partial charge is 0.00926 e. The third-order valence-corrected chi connectivity index (χ3v) is 3.78. The van der Waals surface area contributed by atoms with Gasteiger partial charge in [-0.25, -0.2) is 0 Å². The predicted octanol–water partition coefficient (Wildman–Crippen LogP) is 2.84. The van der Waals surface area contributed by atoms with Gasteiger partial charge in [-0.05, 0) is 52.2 Å². The number of hydrogen-bond donors (Lipinski definition) is 0. The number of likely N-dealkylation sites (tertiary alicyclic amines) is 1. The first-order chi connectivity index (χ1) is 7.67. The minimum Gasteiger partial charge on any atom is -0.309 e. The normalized spacial score (nSPS) is 24.9. The van der Waals surface area contributed by atoms with Gasteiger partial charge in [0.05, 0.1) is 0 Å². The van der Waals surface area contributed by atoms with Crippen LogP contribution in [0.2, 0.25) is 0 Å². The summed E-state index contributed by atoms with van der Waals surface area (Å²) < 4.78 is 0. The van der Waals surface area contributed by atoms with E-state index in [4.69, 9.17) is 0 Å². The fourth-order valence-electron chi connectivity index (χ4n) is 3.07. The van der Waals surface area contributed by atoms with Crippen molar-refractivity contribution in [2.45, 2.75) is 52.0 Å². The molecule has 1 heterocycles. The minimum atomic E-state index is 0.843. The van der Waals surface area contributed by atoms with Gasteiger partial charge in [0, 0.05) is 19.1 Å². The van der Waals surface area contributed by atoms with Gasteiger partial charge in [0.2, 0.25) is 0 Å². The largest absolute Gasteiger partial charge is 0.309 e. The van der Waals surface area contributed by atoms with Crippen molar-refractivity contribution < 1.29 is 0 Å². The summed E-state index contributed by atoms with van der Waals surface area (Å²) in [5.74, 6) is 0.898. The fourth-order valence-corrected chi connectivity index (χ4v) is 3.07. The summed E-state index contributed by atoms with van der Waals surface area (Å²) in [5, 5.41) is 0. The summed E-state index contributed by atoms with van der Waals surface area (Å²) in [6.07, 6.45) is 6.86. The molecule has 1 fully saturated rings. The highest BCUT2D eigenvalue weighted by atomic mass is 15.2. The van der Waals surface area contributed by atoms with E-state index >= 15 is 0 Å². The Morgan fingerprint density at radius 2 is 2.06 bits per heavy atom. The average molecular weight is 226 g/mol. The quantitative estimate of drug-likeness (QED) is 0.687. The van der Waals surface area contributed by atoms with E-state index in [0.29, 0.717) is 0 Å². The van der Waals surface area contributed by atoms with Crippen molar-refractivity contribution in [1.29, 1.82) is 0 Å². The van der Waals surface area contributed by atoms with Crippen LogP contribution in [0.1, 0.15) is 46.0 Å². The van der Waals surface area contributed by atoms with Gasteiger partial charge in [-0.3, -0.25) is 0 Å². The van der Waals surface area contributed by atoms with Crippen molar-refractivity contribution in [2.24, 2.45) is 5.92 Å². The van der Waals surface area contributed by atoms with E-state index in [1.54, 1.807) is 0 Å². The molecule has 1 rings (SSSR count). The molecule has 0 aromatic rings. The van der Waals surface area contributed by atoms with E-state index in [9.17, 15) is 0 Å². The van der Waals surface area contributed by atoms with Crippen LogP contribution in [0.25, 0.3) is 0 Å². The lowest BCUT2D eigenvalue weighted by Gasteiger charge is -2.39. The molecule has 0 N–H and O–H groups in total. The molecule has 1 aliphatic heterocycles.